The monoisotopic (exact) mass is 723 g/mol. The van der Waals surface area contributed by atoms with Crippen LogP contribution in [0.4, 0.5) is 0 Å². The summed E-state index contributed by atoms with van der Waals surface area (Å²) in [7, 11) is 0. The molecule has 12 heteroatoms. The molecule has 0 fully saturated rings. The van der Waals surface area contributed by atoms with Crippen LogP contribution in [0.1, 0.15) is 37.5 Å². The minimum atomic E-state index is -1.13. The SMILES string of the molecule is CCc1cc(Br)ccc1On1c(=O)n(Oc2ccc(Br)cc2CC)c(=O)n(Oc2ccc(Br)cc2CC)c1=O. The highest BCUT2D eigenvalue weighted by molar-refractivity contribution is 9.11. The summed E-state index contributed by atoms with van der Waals surface area (Å²) >= 11 is 10.2. The molecule has 4 rings (SSSR count). The van der Waals surface area contributed by atoms with Gasteiger partial charge in [-0.3, -0.25) is 0 Å². The van der Waals surface area contributed by atoms with Crippen LogP contribution in [0.5, 0.6) is 17.2 Å². The lowest BCUT2D eigenvalue weighted by Crippen LogP contribution is -2.58. The topological polar surface area (TPSA) is 93.7 Å². The molecule has 0 aliphatic carbocycles. The van der Waals surface area contributed by atoms with Crippen LogP contribution in [0.25, 0.3) is 0 Å². The van der Waals surface area contributed by atoms with Crippen LogP contribution in [0.2, 0.25) is 0 Å². The molecule has 204 valence electrons. The third-order valence-corrected chi connectivity index (χ3v) is 7.30. The number of halogens is 3. The van der Waals surface area contributed by atoms with Gasteiger partial charge in [0.1, 0.15) is 0 Å². The minimum Gasteiger partial charge on any atom is -0.366 e. The first-order chi connectivity index (χ1) is 18.7. The molecular weight excluding hydrogens is 702 g/mol. The van der Waals surface area contributed by atoms with Crippen molar-refractivity contribution in [3.05, 3.63) is 116 Å². The first kappa shape index (κ1) is 28.9. The van der Waals surface area contributed by atoms with Crippen LogP contribution < -0.4 is 31.6 Å². The minimum absolute atomic E-state index is 0.257. The van der Waals surface area contributed by atoms with E-state index in [0.29, 0.717) is 33.5 Å². The largest absolute Gasteiger partial charge is 0.404 e. The molecule has 0 unspecified atom stereocenters. The molecule has 1 heterocycles. The molecule has 3 aromatic carbocycles. The Hall–Kier alpha value is -3.09. The van der Waals surface area contributed by atoms with Crippen molar-refractivity contribution in [3.8, 4) is 17.2 Å². The highest BCUT2D eigenvalue weighted by atomic mass is 79.9. The van der Waals surface area contributed by atoms with E-state index in [1.165, 1.54) is 0 Å². The Bertz CT molecular complexity index is 1480. The van der Waals surface area contributed by atoms with E-state index in [1.54, 1.807) is 36.4 Å². The number of nitrogens with zero attached hydrogens (tertiary/aromatic N) is 3. The van der Waals surface area contributed by atoms with E-state index in [1.807, 2.05) is 39.0 Å². The van der Waals surface area contributed by atoms with Gasteiger partial charge in [0, 0.05) is 13.4 Å². The predicted octanol–water partition coefficient (Wildman–Crippen LogP) is 5.67. The van der Waals surface area contributed by atoms with Crippen molar-refractivity contribution in [2.45, 2.75) is 40.0 Å². The summed E-state index contributed by atoms with van der Waals surface area (Å²) in [5, 5.41) is 0. The summed E-state index contributed by atoms with van der Waals surface area (Å²) in [6, 6.07) is 15.4. The first-order valence-corrected chi connectivity index (χ1v) is 14.5. The fourth-order valence-corrected chi connectivity index (χ4v) is 4.99. The van der Waals surface area contributed by atoms with Crippen molar-refractivity contribution >= 4 is 47.8 Å². The zero-order chi connectivity index (χ0) is 28.3. The van der Waals surface area contributed by atoms with Gasteiger partial charge in [-0.2, -0.15) is 0 Å². The van der Waals surface area contributed by atoms with Gasteiger partial charge in [-0.1, -0.05) is 82.8 Å². The van der Waals surface area contributed by atoms with E-state index >= 15 is 0 Å². The normalized spacial score (nSPS) is 10.9. The van der Waals surface area contributed by atoms with Gasteiger partial charge >= 0.3 is 17.1 Å². The number of rotatable bonds is 9. The van der Waals surface area contributed by atoms with Crippen molar-refractivity contribution in [1.29, 1.82) is 0 Å². The van der Waals surface area contributed by atoms with E-state index in [2.05, 4.69) is 47.8 Å². The second kappa shape index (κ2) is 12.4. The van der Waals surface area contributed by atoms with Gasteiger partial charge in [0.05, 0.1) is 0 Å². The fourth-order valence-electron chi connectivity index (χ4n) is 3.76. The highest BCUT2D eigenvalue weighted by Gasteiger charge is 2.23. The maximum absolute atomic E-state index is 13.5. The van der Waals surface area contributed by atoms with Crippen LogP contribution in [-0.2, 0) is 19.3 Å². The fraction of sp³-hybridized carbons (Fsp3) is 0.222. The Kier molecular flexibility index (Phi) is 9.19. The Morgan fingerprint density at radius 3 is 1.00 bits per heavy atom. The summed E-state index contributed by atoms with van der Waals surface area (Å²) in [6.07, 6.45) is 1.67. The zero-order valence-electron chi connectivity index (χ0n) is 21.2. The first-order valence-electron chi connectivity index (χ1n) is 12.1. The Balaban J connectivity index is 1.93. The van der Waals surface area contributed by atoms with Gasteiger partial charge in [-0.25, -0.2) is 14.4 Å². The molecule has 0 saturated carbocycles. The molecule has 0 aliphatic heterocycles. The van der Waals surface area contributed by atoms with E-state index in [-0.39, 0.29) is 17.2 Å². The molecule has 0 bridgehead atoms. The van der Waals surface area contributed by atoms with Gasteiger partial charge in [0.2, 0.25) is 0 Å². The molecule has 9 nitrogen and oxygen atoms in total. The van der Waals surface area contributed by atoms with Crippen LogP contribution in [-0.4, -0.2) is 14.2 Å². The summed E-state index contributed by atoms with van der Waals surface area (Å²) in [4.78, 5) is 57.9. The molecule has 4 aromatic rings. The van der Waals surface area contributed by atoms with Crippen molar-refractivity contribution < 1.29 is 14.5 Å². The molecule has 0 aliphatic rings. The molecule has 0 spiro atoms. The zero-order valence-corrected chi connectivity index (χ0v) is 26.0. The summed E-state index contributed by atoms with van der Waals surface area (Å²) in [5.74, 6) is 0.771. The van der Waals surface area contributed by atoms with Crippen molar-refractivity contribution in [2.24, 2.45) is 0 Å². The lowest BCUT2D eigenvalue weighted by molar-refractivity contribution is 0.0643. The number of aromatic nitrogens is 3. The standard InChI is InChI=1S/C27H24Br3N3O6/c1-4-16-13-19(28)7-10-22(16)37-31-25(34)32(38-23-11-8-20(29)14-17(23)5-2)27(36)33(26(31)35)39-24-12-9-21(30)15-18(24)6-3/h7-15H,4-6H2,1-3H3. The lowest BCUT2D eigenvalue weighted by atomic mass is 10.1. The van der Waals surface area contributed by atoms with E-state index < -0.39 is 17.1 Å². The molecule has 0 N–H and O–H groups in total. The second-order valence-corrected chi connectivity index (χ2v) is 11.1. The van der Waals surface area contributed by atoms with Gasteiger partial charge in [-0.05, 0) is 90.6 Å². The molecule has 0 radical (unpaired) electrons. The number of aryl methyl sites for hydroxylation is 3. The summed E-state index contributed by atoms with van der Waals surface area (Å²) < 4.78 is 3.74. The van der Waals surface area contributed by atoms with E-state index in [4.69, 9.17) is 14.5 Å². The molecular formula is C27H24Br3N3O6. The number of benzene rings is 3. The third-order valence-electron chi connectivity index (χ3n) is 5.82. The smallest absolute Gasteiger partial charge is 0.366 e. The number of hydrogen-bond acceptors (Lipinski definition) is 6. The van der Waals surface area contributed by atoms with Crippen molar-refractivity contribution in [2.75, 3.05) is 0 Å². The molecule has 0 amide bonds. The van der Waals surface area contributed by atoms with E-state index in [0.717, 1.165) is 30.1 Å². The second-order valence-electron chi connectivity index (χ2n) is 8.32. The third kappa shape index (κ3) is 6.23. The van der Waals surface area contributed by atoms with Crippen molar-refractivity contribution in [3.63, 3.8) is 0 Å². The summed E-state index contributed by atoms with van der Waals surface area (Å²) in [6.45, 7) is 5.72. The Labute approximate surface area is 248 Å². The summed E-state index contributed by atoms with van der Waals surface area (Å²) in [5.41, 5.74) is -1.22. The average Bonchev–Trinajstić information content (AvgIpc) is 2.93. The van der Waals surface area contributed by atoms with Gasteiger partial charge in [-0.15, -0.1) is 0 Å². The predicted molar refractivity (Wildman–Crippen MR) is 158 cm³/mol. The van der Waals surface area contributed by atoms with Gasteiger partial charge in [0.25, 0.3) is 0 Å². The van der Waals surface area contributed by atoms with Crippen LogP contribution in [0, 0.1) is 0 Å². The van der Waals surface area contributed by atoms with Gasteiger partial charge in [0.15, 0.2) is 17.2 Å². The molecule has 1 aromatic heterocycles. The molecule has 39 heavy (non-hydrogen) atoms. The van der Waals surface area contributed by atoms with Crippen LogP contribution in [0.15, 0.2) is 82.4 Å². The Morgan fingerprint density at radius 1 is 0.513 bits per heavy atom. The number of hydrogen-bond donors (Lipinski definition) is 0. The van der Waals surface area contributed by atoms with Gasteiger partial charge < -0.3 is 14.5 Å². The average molecular weight is 726 g/mol. The van der Waals surface area contributed by atoms with Crippen LogP contribution in [0.3, 0.4) is 0 Å². The molecule has 0 saturated heterocycles. The lowest BCUT2D eigenvalue weighted by Gasteiger charge is -2.17. The maximum Gasteiger partial charge on any atom is 0.404 e. The highest BCUT2D eigenvalue weighted by Crippen LogP contribution is 2.26. The molecule has 0 atom stereocenters. The Morgan fingerprint density at radius 2 is 0.769 bits per heavy atom. The van der Waals surface area contributed by atoms with Crippen molar-refractivity contribution in [1.82, 2.24) is 14.2 Å². The van der Waals surface area contributed by atoms with E-state index in [9.17, 15) is 14.4 Å². The van der Waals surface area contributed by atoms with Crippen LogP contribution >= 0.6 is 47.8 Å². The maximum atomic E-state index is 13.5. The quantitative estimate of drug-likeness (QED) is 0.221.